The van der Waals surface area contributed by atoms with Crippen molar-refractivity contribution in [2.75, 3.05) is 18.5 Å². The van der Waals surface area contributed by atoms with Crippen molar-refractivity contribution in [1.82, 2.24) is 5.32 Å². The molecule has 1 atom stereocenters. The molecule has 20 heavy (non-hydrogen) atoms. The minimum absolute atomic E-state index is 0.430. The summed E-state index contributed by atoms with van der Waals surface area (Å²) in [5.74, 6) is 0. The van der Waals surface area contributed by atoms with Crippen LogP contribution in [0.5, 0.6) is 0 Å². The summed E-state index contributed by atoms with van der Waals surface area (Å²) in [6.45, 7) is 0.922. The van der Waals surface area contributed by atoms with Gasteiger partial charge in [0.25, 0.3) is 0 Å². The van der Waals surface area contributed by atoms with Gasteiger partial charge < -0.3 is 10.2 Å². The second-order valence-electron chi connectivity index (χ2n) is 5.03. The maximum Gasteiger partial charge on any atom is 0.0613 e. The first-order valence-corrected chi connectivity index (χ1v) is 7.42. The molecule has 0 saturated heterocycles. The van der Waals surface area contributed by atoms with E-state index >= 15 is 0 Å². The van der Waals surface area contributed by atoms with E-state index < -0.39 is 0 Å². The van der Waals surface area contributed by atoms with E-state index in [1.807, 2.05) is 25.2 Å². The lowest BCUT2D eigenvalue weighted by molar-refractivity contribution is 0.546. The molecule has 0 spiro atoms. The third-order valence-corrected chi connectivity index (χ3v) is 4.51. The average Bonchev–Trinajstić information content (AvgIpc) is 2.49. The molecule has 1 heterocycles. The van der Waals surface area contributed by atoms with Gasteiger partial charge in [0.1, 0.15) is 0 Å². The van der Waals surface area contributed by atoms with Gasteiger partial charge in [-0.3, -0.25) is 0 Å². The van der Waals surface area contributed by atoms with Crippen LogP contribution in [0.4, 0.5) is 11.4 Å². The Morgan fingerprint density at radius 2 is 1.90 bits per heavy atom. The zero-order valence-electron chi connectivity index (χ0n) is 11.2. The molecule has 4 heteroatoms. The van der Waals surface area contributed by atoms with Crippen molar-refractivity contribution < 1.29 is 0 Å². The predicted octanol–water partition coefficient (Wildman–Crippen LogP) is 4.28. The van der Waals surface area contributed by atoms with Crippen molar-refractivity contribution >= 4 is 34.6 Å². The standard InChI is InChI=1S/C16H16Cl2N2/c1-19-12-8-11-4-2-3-5-16(11)20(10-12)13-6-7-14(17)15(18)9-13/h2-7,9,12,19H,8,10H2,1H3/t12-/m0/s1. The fourth-order valence-corrected chi connectivity index (χ4v) is 2.98. The van der Waals surface area contributed by atoms with E-state index in [2.05, 4.69) is 34.5 Å². The molecule has 0 aliphatic carbocycles. The fraction of sp³-hybridized carbons (Fsp3) is 0.250. The number of rotatable bonds is 2. The molecule has 0 fully saturated rings. The Bertz CT molecular complexity index is 628. The summed E-state index contributed by atoms with van der Waals surface area (Å²) in [5, 5.41) is 4.55. The highest BCUT2D eigenvalue weighted by Crippen LogP contribution is 2.36. The molecule has 0 amide bonds. The van der Waals surface area contributed by atoms with Crippen LogP contribution in [0.2, 0.25) is 10.0 Å². The van der Waals surface area contributed by atoms with Gasteiger partial charge in [-0.1, -0.05) is 41.4 Å². The van der Waals surface area contributed by atoms with Crippen LogP contribution in [-0.4, -0.2) is 19.6 Å². The molecule has 0 bridgehead atoms. The first-order valence-electron chi connectivity index (χ1n) is 6.67. The average molecular weight is 307 g/mol. The third-order valence-electron chi connectivity index (χ3n) is 3.77. The van der Waals surface area contributed by atoms with Crippen LogP contribution in [0.15, 0.2) is 42.5 Å². The summed E-state index contributed by atoms with van der Waals surface area (Å²) in [6.07, 6.45) is 1.05. The van der Waals surface area contributed by atoms with Crippen LogP contribution >= 0.6 is 23.2 Å². The Morgan fingerprint density at radius 1 is 1.10 bits per heavy atom. The van der Waals surface area contributed by atoms with Crippen LogP contribution in [0.25, 0.3) is 0 Å². The molecule has 1 aliphatic heterocycles. The molecular weight excluding hydrogens is 291 g/mol. The van der Waals surface area contributed by atoms with Gasteiger partial charge in [-0.05, 0) is 43.3 Å². The number of fused-ring (bicyclic) bond motifs is 1. The van der Waals surface area contributed by atoms with Gasteiger partial charge in [-0.15, -0.1) is 0 Å². The third kappa shape index (κ3) is 2.51. The number of anilines is 2. The van der Waals surface area contributed by atoms with Gasteiger partial charge in [0.2, 0.25) is 0 Å². The molecule has 2 aromatic rings. The van der Waals surface area contributed by atoms with Crippen LogP contribution in [0.1, 0.15) is 5.56 Å². The van der Waals surface area contributed by atoms with Crippen molar-refractivity contribution in [3.63, 3.8) is 0 Å². The highest BCUT2D eigenvalue weighted by molar-refractivity contribution is 6.42. The van der Waals surface area contributed by atoms with E-state index in [-0.39, 0.29) is 0 Å². The molecule has 2 nitrogen and oxygen atoms in total. The number of nitrogens with zero attached hydrogens (tertiary/aromatic N) is 1. The zero-order chi connectivity index (χ0) is 14.1. The summed E-state index contributed by atoms with van der Waals surface area (Å²) in [7, 11) is 2.01. The molecule has 1 aliphatic rings. The molecule has 2 aromatic carbocycles. The van der Waals surface area contributed by atoms with E-state index in [1.165, 1.54) is 11.3 Å². The number of nitrogens with one attached hydrogen (secondary N) is 1. The highest BCUT2D eigenvalue weighted by Gasteiger charge is 2.24. The Kier molecular flexibility index (Phi) is 3.88. The maximum atomic E-state index is 6.16. The number of halogens is 2. The first-order chi connectivity index (χ1) is 9.69. The van der Waals surface area contributed by atoms with Crippen LogP contribution in [0, 0.1) is 0 Å². The summed E-state index contributed by atoms with van der Waals surface area (Å²) >= 11 is 12.2. The van der Waals surface area contributed by atoms with Crippen molar-refractivity contribution in [2.45, 2.75) is 12.5 Å². The number of benzene rings is 2. The smallest absolute Gasteiger partial charge is 0.0613 e. The minimum Gasteiger partial charge on any atom is -0.340 e. The molecule has 0 unspecified atom stereocenters. The first kappa shape index (κ1) is 13.7. The van der Waals surface area contributed by atoms with Crippen molar-refractivity contribution in [2.24, 2.45) is 0 Å². The van der Waals surface area contributed by atoms with Gasteiger partial charge in [0.05, 0.1) is 10.0 Å². The molecule has 104 valence electrons. The van der Waals surface area contributed by atoms with E-state index in [4.69, 9.17) is 23.2 Å². The maximum absolute atomic E-state index is 6.16. The minimum atomic E-state index is 0.430. The van der Waals surface area contributed by atoms with E-state index in [1.54, 1.807) is 0 Å². The van der Waals surface area contributed by atoms with E-state index in [9.17, 15) is 0 Å². The largest absolute Gasteiger partial charge is 0.340 e. The van der Waals surface area contributed by atoms with Crippen LogP contribution < -0.4 is 10.2 Å². The molecule has 0 radical (unpaired) electrons. The van der Waals surface area contributed by atoms with Crippen LogP contribution in [-0.2, 0) is 6.42 Å². The predicted molar refractivity (Wildman–Crippen MR) is 86.5 cm³/mol. The lowest BCUT2D eigenvalue weighted by Crippen LogP contribution is -2.42. The van der Waals surface area contributed by atoms with Gasteiger partial charge >= 0.3 is 0 Å². The Hall–Kier alpha value is -1.22. The number of likely N-dealkylation sites (N-methyl/N-ethyl adjacent to an activating group) is 1. The van der Waals surface area contributed by atoms with Crippen molar-refractivity contribution in [3.05, 3.63) is 58.1 Å². The van der Waals surface area contributed by atoms with Gasteiger partial charge in [-0.2, -0.15) is 0 Å². The lowest BCUT2D eigenvalue weighted by Gasteiger charge is -2.36. The zero-order valence-corrected chi connectivity index (χ0v) is 12.7. The molecule has 1 N–H and O–H groups in total. The summed E-state index contributed by atoms with van der Waals surface area (Å²) in [6, 6.07) is 14.7. The van der Waals surface area contributed by atoms with Crippen molar-refractivity contribution in [3.8, 4) is 0 Å². The normalized spacial score (nSPS) is 17.9. The summed E-state index contributed by atoms with van der Waals surface area (Å²) < 4.78 is 0. The molecule has 0 saturated carbocycles. The molecule has 3 rings (SSSR count). The highest BCUT2D eigenvalue weighted by atomic mass is 35.5. The Labute approximate surface area is 129 Å². The number of para-hydroxylation sites is 1. The van der Waals surface area contributed by atoms with Crippen molar-refractivity contribution in [1.29, 1.82) is 0 Å². The number of hydrogen-bond acceptors (Lipinski definition) is 2. The Balaban J connectivity index is 2.05. The van der Waals surface area contributed by atoms with Gasteiger partial charge in [0, 0.05) is 24.0 Å². The topological polar surface area (TPSA) is 15.3 Å². The van der Waals surface area contributed by atoms with E-state index in [0.29, 0.717) is 16.1 Å². The van der Waals surface area contributed by atoms with Gasteiger partial charge in [-0.25, -0.2) is 0 Å². The Morgan fingerprint density at radius 3 is 2.65 bits per heavy atom. The molecular formula is C16H16Cl2N2. The van der Waals surface area contributed by atoms with Crippen LogP contribution in [0.3, 0.4) is 0 Å². The SMILES string of the molecule is CN[C@H]1Cc2ccccc2N(c2ccc(Cl)c(Cl)c2)C1. The lowest BCUT2D eigenvalue weighted by atomic mass is 9.97. The summed E-state index contributed by atoms with van der Waals surface area (Å²) in [4.78, 5) is 2.29. The second-order valence-corrected chi connectivity index (χ2v) is 5.84. The van der Waals surface area contributed by atoms with E-state index in [0.717, 1.165) is 18.7 Å². The quantitative estimate of drug-likeness (QED) is 0.891. The fourth-order valence-electron chi connectivity index (χ4n) is 2.69. The second kappa shape index (κ2) is 5.65. The number of hydrogen-bond donors (Lipinski definition) is 1. The molecule has 0 aromatic heterocycles. The monoisotopic (exact) mass is 306 g/mol. The van der Waals surface area contributed by atoms with Gasteiger partial charge in [0.15, 0.2) is 0 Å². The summed E-state index contributed by atoms with van der Waals surface area (Å²) in [5.41, 5.74) is 3.67.